The van der Waals surface area contributed by atoms with Crippen LogP contribution in [0.15, 0.2) is 48.8 Å². The Kier molecular flexibility index (Phi) is 5.22. The minimum Gasteiger partial charge on any atom is -0.338 e. The number of fused-ring (bicyclic) bond motifs is 1. The first kappa shape index (κ1) is 19.3. The second kappa shape index (κ2) is 7.29. The Morgan fingerprint density at radius 3 is 2.67 bits per heavy atom. The van der Waals surface area contributed by atoms with Crippen molar-refractivity contribution >= 4 is 24.0 Å². The highest BCUT2D eigenvalue weighted by Crippen LogP contribution is 2.29. The first-order chi connectivity index (χ1) is 12.5. The summed E-state index contributed by atoms with van der Waals surface area (Å²) < 4.78 is 1.74. The Labute approximate surface area is 164 Å². The van der Waals surface area contributed by atoms with Gasteiger partial charge in [0.15, 0.2) is 5.65 Å². The summed E-state index contributed by atoms with van der Waals surface area (Å²) in [5.74, 6) is -0.0299. The number of benzene rings is 1. The van der Waals surface area contributed by atoms with Crippen LogP contribution in [-0.2, 0) is 0 Å². The Morgan fingerprint density at radius 1 is 1.22 bits per heavy atom. The van der Waals surface area contributed by atoms with E-state index in [1.165, 1.54) is 0 Å². The lowest BCUT2D eigenvalue weighted by molar-refractivity contribution is 0.0534. The van der Waals surface area contributed by atoms with Gasteiger partial charge in [0.25, 0.3) is 5.91 Å². The van der Waals surface area contributed by atoms with Crippen molar-refractivity contribution in [1.29, 1.82) is 0 Å². The van der Waals surface area contributed by atoms with Crippen LogP contribution in [0, 0.1) is 5.41 Å². The topological polar surface area (TPSA) is 76.5 Å². The summed E-state index contributed by atoms with van der Waals surface area (Å²) in [6, 6.07) is 12.0. The van der Waals surface area contributed by atoms with Crippen molar-refractivity contribution in [2.75, 3.05) is 13.1 Å². The molecule has 3 aromatic rings. The fourth-order valence-electron chi connectivity index (χ4n) is 3.59. The van der Waals surface area contributed by atoms with Gasteiger partial charge >= 0.3 is 0 Å². The minimum absolute atomic E-state index is 0. The fourth-order valence-corrected chi connectivity index (χ4v) is 3.59. The van der Waals surface area contributed by atoms with Gasteiger partial charge in [0, 0.05) is 30.9 Å². The number of halogens is 1. The maximum atomic E-state index is 13.1. The van der Waals surface area contributed by atoms with Crippen molar-refractivity contribution in [3.8, 4) is 11.3 Å². The number of nitrogens with zero attached hydrogens (tertiary/aromatic N) is 4. The largest absolute Gasteiger partial charge is 0.338 e. The molecule has 6 nitrogen and oxygen atoms in total. The summed E-state index contributed by atoms with van der Waals surface area (Å²) in [5, 5.41) is 4.44. The number of nitrogens with two attached hydrogens (primary N) is 1. The van der Waals surface area contributed by atoms with Gasteiger partial charge in [-0.15, -0.1) is 12.4 Å². The molecule has 1 amide bonds. The number of hydrogen-bond acceptors (Lipinski definition) is 4. The second-order valence-electron chi connectivity index (χ2n) is 7.60. The predicted octanol–water partition coefficient (Wildman–Crippen LogP) is 3.02. The van der Waals surface area contributed by atoms with Gasteiger partial charge in [0.05, 0.1) is 11.9 Å². The third-order valence-corrected chi connectivity index (χ3v) is 5.30. The summed E-state index contributed by atoms with van der Waals surface area (Å²) in [7, 11) is 0. The monoisotopic (exact) mass is 385 g/mol. The maximum absolute atomic E-state index is 13.1. The lowest BCUT2D eigenvalue weighted by Gasteiger charge is -2.42. The number of likely N-dealkylation sites (tertiary alicyclic amines) is 1. The summed E-state index contributed by atoms with van der Waals surface area (Å²) in [4.78, 5) is 19.4. The Bertz CT molecular complexity index is 953. The van der Waals surface area contributed by atoms with Crippen molar-refractivity contribution in [3.63, 3.8) is 0 Å². The average Bonchev–Trinajstić information content (AvgIpc) is 3.08. The molecule has 4 rings (SSSR count). The molecule has 7 heteroatoms. The molecule has 2 N–H and O–H groups in total. The van der Waals surface area contributed by atoms with Gasteiger partial charge in [0.1, 0.15) is 5.56 Å². The van der Waals surface area contributed by atoms with E-state index in [9.17, 15) is 4.79 Å². The third-order valence-electron chi connectivity index (χ3n) is 5.30. The molecule has 1 fully saturated rings. The standard InChI is InChI=1S/C20H23N5O.ClH/c1-20(2)13-24(11-9-17(20)21)19(26)15-12-23-25-16(8-10-22-18(15)25)14-6-4-3-5-7-14;/h3-8,10,12,17H,9,11,13,21H2,1-2H3;1H. The zero-order chi connectivity index (χ0) is 18.3. The maximum Gasteiger partial charge on any atom is 0.259 e. The molecule has 0 aliphatic carbocycles. The van der Waals surface area contributed by atoms with Crippen molar-refractivity contribution < 1.29 is 4.79 Å². The van der Waals surface area contributed by atoms with E-state index in [0.29, 0.717) is 24.3 Å². The van der Waals surface area contributed by atoms with Gasteiger partial charge < -0.3 is 10.6 Å². The number of aromatic nitrogens is 3. The van der Waals surface area contributed by atoms with Crippen LogP contribution in [0.2, 0.25) is 0 Å². The number of hydrogen-bond donors (Lipinski definition) is 1. The SMILES string of the molecule is CC1(C)CN(C(=O)c2cnn3c(-c4ccccc4)ccnc23)CCC1N.Cl. The number of carbonyl (C=O) groups is 1. The van der Waals surface area contributed by atoms with E-state index in [-0.39, 0.29) is 29.8 Å². The van der Waals surface area contributed by atoms with Crippen LogP contribution in [0.25, 0.3) is 16.9 Å². The summed E-state index contributed by atoms with van der Waals surface area (Å²) in [6.07, 6.45) is 4.16. The van der Waals surface area contributed by atoms with E-state index >= 15 is 0 Å². The quantitative estimate of drug-likeness (QED) is 0.735. The van der Waals surface area contributed by atoms with Crippen LogP contribution in [0.5, 0.6) is 0 Å². The fraction of sp³-hybridized carbons (Fsp3) is 0.350. The summed E-state index contributed by atoms with van der Waals surface area (Å²) in [5.41, 5.74) is 9.17. The van der Waals surface area contributed by atoms with Crippen LogP contribution in [0.4, 0.5) is 0 Å². The summed E-state index contributed by atoms with van der Waals surface area (Å²) in [6.45, 7) is 5.53. The number of amides is 1. The molecule has 1 aliphatic heterocycles. The van der Waals surface area contributed by atoms with Crippen LogP contribution in [0.1, 0.15) is 30.6 Å². The predicted molar refractivity (Wildman–Crippen MR) is 108 cm³/mol. The normalized spacial score (nSPS) is 18.9. The Balaban J connectivity index is 0.00000210. The zero-order valence-electron chi connectivity index (χ0n) is 15.5. The van der Waals surface area contributed by atoms with E-state index in [1.54, 1.807) is 16.9 Å². The number of piperidine rings is 1. The van der Waals surface area contributed by atoms with Crippen molar-refractivity contribution in [2.45, 2.75) is 26.3 Å². The molecule has 1 unspecified atom stereocenters. The molecular formula is C20H24ClN5O. The second-order valence-corrected chi connectivity index (χ2v) is 7.60. The van der Waals surface area contributed by atoms with Crippen LogP contribution in [0.3, 0.4) is 0 Å². The van der Waals surface area contributed by atoms with E-state index in [2.05, 4.69) is 23.9 Å². The number of carbonyl (C=O) groups excluding carboxylic acids is 1. The van der Waals surface area contributed by atoms with Crippen molar-refractivity contribution in [2.24, 2.45) is 11.1 Å². The van der Waals surface area contributed by atoms with Crippen LogP contribution in [-0.4, -0.2) is 44.5 Å². The zero-order valence-corrected chi connectivity index (χ0v) is 16.3. The molecule has 2 aromatic heterocycles. The molecule has 1 saturated heterocycles. The third kappa shape index (κ3) is 3.42. The first-order valence-corrected chi connectivity index (χ1v) is 8.90. The van der Waals surface area contributed by atoms with Crippen LogP contribution < -0.4 is 5.73 Å². The molecule has 0 bridgehead atoms. The van der Waals surface area contributed by atoms with E-state index in [1.807, 2.05) is 41.3 Å². The smallest absolute Gasteiger partial charge is 0.259 e. The highest BCUT2D eigenvalue weighted by Gasteiger charge is 2.36. The lowest BCUT2D eigenvalue weighted by Crippen LogP contribution is -2.54. The Morgan fingerprint density at radius 2 is 1.96 bits per heavy atom. The summed E-state index contributed by atoms with van der Waals surface area (Å²) >= 11 is 0. The highest BCUT2D eigenvalue weighted by atomic mass is 35.5. The van der Waals surface area contributed by atoms with Crippen molar-refractivity contribution in [3.05, 3.63) is 54.4 Å². The molecule has 0 radical (unpaired) electrons. The molecule has 3 heterocycles. The van der Waals surface area contributed by atoms with Gasteiger partial charge in [-0.05, 0) is 17.9 Å². The molecular weight excluding hydrogens is 362 g/mol. The van der Waals surface area contributed by atoms with Gasteiger partial charge in [0.2, 0.25) is 0 Å². The van der Waals surface area contributed by atoms with Crippen LogP contribution >= 0.6 is 12.4 Å². The highest BCUT2D eigenvalue weighted by molar-refractivity contribution is 6.00. The molecule has 142 valence electrons. The Hall–Kier alpha value is -2.44. The van der Waals surface area contributed by atoms with E-state index < -0.39 is 0 Å². The van der Waals surface area contributed by atoms with Gasteiger partial charge in [-0.25, -0.2) is 9.50 Å². The molecule has 27 heavy (non-hydrogen) atoms. The van der Waals surface area contributed by atoms with Gasteiger partial charge in [-0.1, -0.05) is 44.2 Å². The van der Waals surface area contributed by atoms with E-state index in [4.69, 9.17) is 5.73 Å². The molecule has 0 spiro atoms. The lowest BCUT2D eigenvalue weighted by atomic mass is 9.79. The number of rotatable bonds is 2. The van der Waals surface area contributed by atoms with Gasteiger partial charge in [-0.3, -0.25) is 4.79 Å². The van der Waals surface area contributed by atoms with Crippen molar-refractivity contribution in [1.82, 2.24) is 19.5 Å². The first-order valence-electron chi connectivity index (χ1n) is 8.90. The van der Waals surface area contributed by atoms with Gasteiger partial charge in [-0.2, -0.15) is 5.10 Å². The average molecular weight is 386 g/mol. The minimum atomic E-state index is -0.0977. The van der Waals surface area contributed by atoms with E-state index in [0.717, 1.165) is 17.7 Å². The molecule has 1 aromatic carbocycles. The molecule has 1 atom stereocenters. The molecule has 0 saturated carbocycles. The molecule has 1 aliphatic rings.